The SMILES string of the molecule is CC(C)C[C@@H](C=O)NC(=O)[C@H](Cc1cnc[nH]1)NC(=O)[C@H](CCCCN)NC(=O)[C@@H](N)Cc1c[nH]c2ccccc12. The van der Waals surface area contributed by atoms with E-state index in [2.05, 4.69) is 30.9 Å². The molecule has 2 heterocycles. The van der Waals surface area contributed by atoms with Gasteiger partial charge in [0.1, 0.15) is 18.4 Å². The average Bonchev–Trinajstić information content (AvgIpc) is 3.61. The van der Waals surface area contributed by atoms with E-state index in [0.717, 1.165) is 16.5 Å². The number of benzene rings is 1. The molecule has 9 N–H and O–H groups in total. The van der Waals surface area contributed by atoms with E-state index in [9.17, 15) is 19.2 Å². The van der Waals surface area contributed by atoms with Gasteiger partial charge in [0.15, 0.2) is 0 Å². The zero-order valence-electron chi connectivity index (χ0n) is 23.7. The Hall–Kier alpha value is -4.03. The van der Waals surface area contributed by atoms with Gasteiger partial charge in [-0.15, -0.1) is 0 Å². The van der Waals surface area contributed by atoms with Crippen LogP contribution in [-0.4, -0.2) is 69.7 Å². The predicted octanol–water partition coefficient (Wildman–Crippen LogP) is 0.832. The van der Waals surface area contributed by atoms with Gasteiger partial charge in [0.2, 0.25) is 17.7 Å². The van der Waals surface area contributed by atoms with Gasteiger partial charge in [-0.25, -0.2) is 4.98 Å². The Morgan fingerprint density at radius 3 is 2.39 bits per heavy atom. The van der Waals surface area contributed by atoms with Crippen LogP contribution in [0.3, 0.4) is 0 Å². The van der Waals surface area contributed by atoms with Crippen LogP contribution in [-0.2, 0) is 32.0 Å². The van der Waals surface area contributed by atoms with Gasteiger partial charge in [-0.3, -0.25) is 14.4 Å². The largest absolute Gasteiger partial charge is 0.361 e. The fourth-order valence-corrected chi connectivity index (χ4v) is 4.71. The highest BCUT2D eigenvalue weighted by Gasteiger charge is 2.29. The molecule has 0 aliphatic heterocycles. The summed E-state index contributed by atoms with van der Waals surface area (Å²) in [6, 6.07) is 4.21. The van der Waals surface area contributed by atoms with Crippen LogP contribution in [0.2, 0.25) is 0 Å². The minimum atomic E-state index is -1.01. The summed E-state index contributed by atoms with van der Waals surface area (Å²) in [6.45, 7) is 4.34. The molecule has 3 rings (SSSR count). The first-order valence-corrected chi connectivity index (χ1v) is 14.1. The number of amides is 3. The molecule has 0 spiro atoms. The average molecular weight is 567 g/mol. The van der Waals surface area contributed by atoms with Gasteiger partial charge in [-0.2, -0.15) is 0 Å². The highest BCUT2D eigenvalue weighted by molar-refractivity contribution is 5.94. The summed E-state index contributed by atoms with van der Waals surface area (Å²) >= 11 is 0. The molecular formula is C29H42N8O4. The van der Waals surface area contributed by atoms with Crippen LogP contribution in [0.5, 0.6) is 0 Å². The number of carbonyl (C=O) groups excluding carboxylic acids is 4. The highest BCUT2D eigenvalue weighted by atomic mass is 16.2. The van der Waals surface area contributed by atoms with Gasteiger partial charge in [-0.05, 0) is 56.2 Å². The molecule has 0 aliphatic rings. The Morgan fingerprint density at radius 2 is 1.71 bits per heavy atom. The molecule has 4 atom stereocenters. The number of fused-ring (bicyclic) bond motifs is 1. The van der Waals surface area contributed by atoms with Crippen molar-refractivity contribution in [3.63, 3.8) is 0 Å². The first-order valence-electron chi connectivity index (χ1n) is 14.1. The number of aromatic nitrogens is 3. The van der Waals surface area contributed by atoms with Crippen LogP contribution in [0.4, 0.5) is 0 Å². The molecule has 12 nitrogen and oxygen atoms in total. The third-order valence-corrected chi connectivity index (χ3v) is 6.86. The van der Waals surface area contributed by atoms with Crippen molar-refractivity contribution in [1.82, 2.24) is 30.9 Å². The van der Waals surface area contributed by atoms with Gasteiger partial charge in [0.05, 0.1) is 18.4 Å². The number of nitrogens with zero attached hydrogens (tertiary/aromatic N) is 1. The normalized spacial score (nSPS) is 14.3. The summed E-state index contributed by atoms with van der Waals surface area (Å²) in [7, 11) is 0. The number of rotatable bonds is 17. The highest BCUT2D eigenvalue weighted by Crippen LogP contribution is 2.19. The number of aldehydes is 1. The number of carbonyl (C=O) groups is 4. The Labute approximate surface area is 239 Å². The minimum Gasteiger partial charge on any atom is -0.361 e. The van der Waals surface area contributed by atoms with Crippen molar-refractivity contribution in [2.24, 2.45) is 17.4 Å². The van der Waals surface area contributed by atoms with Crippen LogP contribution < -0.4 is 27.4 Å². The molecule has 0 saturated carbocycles. The molecule has 1 aromatic carbocycles. The summed E-state index contributed by atoms with van der Waals surface area (Å²) < 4.78 is 0. The second-order valence-electron chi connectivity index (χ2n) is 10.7. The van der Waals surface area contributed by atoms with E-state index in [0.29, 0.717) is 44.2 Å². The number of nitrogens with two attached hydrogens (primary N) is 2. The van der Waals surface area contributed by atoms with Crippen molar-refractivity contribution in [3.8, 4) is 0 Å². The third kappa shape index (κ3) is 9.54. The van der Waals surface area contributed by atoms with Crippen molar-refractivity contribution in [3.05, 3.63) is 54.2 Å². The molecule has 0 bridgehead atoms. The molecule has 3 amide bonds. The van der Waals surface area contributed by atoms with Gasteiger partial charge < -0.3 is 42.2 Å². The fourth-order valence-electron chi connectivity index (χ4n) is 4.71. The quantitative estimate of drug-likeness (QED) is 0.0926. The van der Waals surface area contributed by atoms with E-state index in [1.54, 1.807) is 6.20 Å². The van der Waals surface area contributed by atoms with Crippen molar-refractivity contribution in [1.29, 1.82) is 0 Å². The summed E-state index contributed by atoms with van der Waals surface area (Å²) in [5, 5.41) is 9.26. The number of H-pyrrole nitrogens is 2. The van der Waals surface area contributed by atoms with E-state index in [1.807, 2.05) is 44.3 Å². The van der Waals surface area contributed by atoms with E-state index < -0.39 is 41.9 Å². The zero-order valence-corrected chi connectivity index (χ0v) is 23.7. The predicted molar refractivity (Wildman–Crippen MR) is 156 cm³/mol. The van der Waals surface area contributed by atoms with Gasteiger partial charge >= 0.3 is 0 Å². The van der Waals surface area contributed by atoms with E-state index in [-0.39, 0.29) is 18.8 Å². The Kier molecular flexibility index (Phi) is 12.0. The molecule has 0 radical (unpaired) electrons. The minimum absolute atomic E-state index is 0.119. The maximum Gasteiger partial charge on any atom is 0.243 e. The lowest BCUT2D eigenvalue weighted by Gasteiger charge is -2.25. The van der Waals surface area contributed by atoms with E-state index in [4.69, 9.17) is 11.5 Å². The number of hydrogen-bond donors (Lipinski definition) is 7. The maximum atomic E-state index is 13.5. The van der Waals surface area contributed by atoms with Crippen LogP contribution in [0.15, 0.2) is 43.0 Å². The van der Waals surface area contributed by atoms with E-state index >= 15 is 0 Å². The second kappa shape index (κ2) is 15.7. The topological polar surface area (TPSA) is 201 Å². The molecule has 41 heavy (non-hydrogen) atoms. The summed E-state index contributed by atoms with van der Waals surface area (Å²) in [5.41, 5.74) is 14.4. The molecule has 0 fully saturated rings. The number of nitrogens with one attached hydrogen (secondary N) is 5. The summed E-state index contributed by atoms with van der Waals surface area (Å²) in [4.78, 5) is 61.5. The number of aromatic amines is 2. The van der Waals surface area contributed by atoms with Crippen molar-refractivity contribution >= 4 is 34.9 Å². The lowest BCUT2D eigenvalue weighted by Crippen LogP contribution is -2.57. The van der Waals surface area contributed by atoms with Crippen LogP contribution in [0.25, 0.3) is 10.9 Å². The lowest BCUT2D eigenvalue weighted by atomic mass is 10.0. The zero-order chi connectivity index (χ0) is 29.8. The molecule has 222 valence electrons. The van der Waals surface area contributed by atoms with Crippen molar-refractivity contribution in [2.75, 3.05) is 6.54 Å². The number of unbranched alkanes of at least 4 members (excludes halogenated alkanes) is 1. The molecule has 12 heteroatoms. The number of para-hydroxylation sites is 1. The van der Waals surface area contributed by atoms with Gasteiger partial charge in [0.25, 0.3) is 0 Å². The van der Waals surface area contributed by atoms with Crippen molar-refractivity contribution < 1.29 is 19.2 Å². The standard InChI is InChI=1S/C29H42N8O4/c1-18(2)11-21(16-38)35-29(41)26(13-20-15-32-17-34-20)37-28(40)25(9-5-6-10-30)36-27(39)23(31)12-19-14-33-24-8-4-3-7-22(19)24/h3-4,7-8,14-18,21,23,25-26,33H,5-6,9-13,30-31H2,1-2H3,(H,32,34)(H,35,41)(H,36,39)(H,37,40)/t21-,23-,25-,26-/m0/s1. The summed E-state index contributed by atoms with van der Waals surface area (Å²) in [5.74, 6) is -1.33. The first-order chi connectivity index (χ1) is 19.7. The molecule has 0 saturated heterocycles. The third-order valence-electron chi connectivity index (χ3n) is 6.86. The van der Waals surface area contributed by atoms with Crippen LogP contribution >= 0.6 is 0 Å². The second-order valence-corrected chi connectivity index (χ2v) is 10.7. The fraction of sp³-hybridized carbons (Fsp3) is 0.483. The van der Waals surface area contributed by atoms with Crippen molar-refractivity contribution in [2.45, 2.75) is 76.5 Å². The Morgan fingerprint density at radius 1 is 0.976 bits per heavy atom. The van der Waals surface area contributed by atoms with Gasteiger partial charge in [-0.1, -0.05) is 32.0 Å². The smallest absolute Gasteiger partial charge is 0.243 e. The maximum absolute atomic E-state index is 13.5. The lowest BCUT2D eigenvalue weighted by molar-refractivity contribution is -0.133. The molecule has 2 aromatic heterocycles. The Bertz CT molecular complexity index is 1270. The number of imidazole rings is 1. The first kappa shape index (κ1) is 31.5. The molecule has 3 aromatic rings. The van der Waals surface area contributed by atoms with Crippen LogP contribution in [0.1, 0.15) is 50.8 Å². The van der Waals surface area contributed by atoms with Gasteiger partial charge in [0, 0.05) is 35.4 Å². The monoisotopic (exact) mass is 566 g/mol. The van der Waals surface area contributed by atoms with Crippen LogP contribution in [0, 0.1) is 5.92 Å². The number of hydrogen-bond acceptors (Lipinski definition) is 7. The van der Waals surface area contributed by atoms with E-state index in [1.165, 1.54) is 6.33 Å². The summed E-state index contributed by atoms with van der Waals surface area (Å²) in [6.07, 6.45) is 7.98. The molecule has 0 unspecified atom stereocenters. The Balaban J connectivity index is 1.72. The molecular weight excluding hydrogens is 524 g/mol. The molecule has 0 aliphatic carbocycles.